The Morgan fingerprint density at radius 2 is 2.09 bits per heavy atom. The van der Waals surface area contributed by atoms with E-state index in [9.17, 15) is 4.79 Å². The molecule has 4 aromatic rings. The Bertz CT molecular complexity index is 1050. The number of furan rings is 1. The predicted octanol–water partition coefficient (Wildman–Crippen LogP) is 4.24. The van der Waals surface area contributed by atoms with Gasteiger partial charge in [-0.15, -0.1) is 0 Å². The molecule has 0 saturated heterocycles. The number of carbonyl (C=O) groups excluding carboxylic acids is 1. The van der Waals surface area contributed by atoms with Crippen molar-refractivity contribution in [1.29, 1.82) is 0 Å². The van der Waals surface area contributed by atoms with Gasteiger partial charge in [-0.25, -0.2) is 9.66 Å². The van der Waals surface area contributed by atoms with E-state index in [0.29, 0.717) is 11.3 Å². The number of nitrogens with zero attached hydrogens (tertiary/aromatic N) is 2. The Balaban J connectivity index is 1.73. The number of imidazole rings is 1. The fraction of sp³-hybridized carbons (Fsp3) is 0.0588. The van der Waals surface area contributed by atoms with Gasteiger partial charge in [-0.3, -0.25) is 10.2 Å². The Morgan fingerprint density at radius 3 is 2.96 bits per heavy atom. The highest BCUT2D eigenvalue weighted by atomic mass is 79.9. The van der Waals surface area contributed by atoms with Gasteiger partial charge in [0.1, 0.15) is 11.9 Å². The molecule has 0 unspecified atom stereocenters. The van der Waals surface area contributed by atoms with Crippen LogP contribution in [0.5, 0.6) is 0 Å². The van der Waals surface area contributed by atoms with Gasteiger partial charge in [-0.05, 0) is 37.3 Å². The molecule has 2 heterocycles. The largest absolute Gasteiger partial charge is 0.451 e. The maximum absolute atomic E-state index is 12.6. The molecular formula is C17H12BrN3O2. The fourth-order valence-electron chi connectivity index (χ4n) is 2.62. The number of hydrogen-bond acceptors (Lipinski definition) is 3. The van der Waals surface area contributed by atoms with Crippen LogP contribution in [0.4, 0.5) is 0 Å². The van der Waals surface area contributed by atoms with Crippen LogP contribution in [0.15, 0.2) is 57.7 Å². The molecule has 0 aliphatic rings. The first-order chi connectivity index (χ1) is 11.1. The lowest BCUT2D eigenvalue weighted by Crippen LogP contribution is -2.22. The zero-order valence-electron chi connectivity index (χ0n) is 12.2. The molecule has 0 aliphatic heterocycles. The molecule has 1 amide bonds. The molecule has 0 atom stereocenters. The molecule has 0 spiro atoms. The lowest BCUT2D eigenvalue weighted by atomic mass is 10.1. The third kappa shape index (κ3) is 2.31. The van der Waals surface area contributed by atoms with Gasteiger partial charge in [0.2, 0.25) is 0 Å². The quantitative estimate of drug-likeness (QED) is 0.574. The molecular weight excluding hydrogens is 358 g/mol. The SMILES string of the molecule is Cc1c(C(=O)Nn2cnc3ccccc32)oc2ccc(Br)cc12. The van der Waals surface area contributed by atoms with Crippen molar-refractivity contribution in [2.75, 3.05) is 5.43 Å². The van der Waals surface area contributed by atoms with Gasteiger partial charge >= 0.3 is 5.91 Å². The van der Waals surface area contributed by atoms with E-state index in [1.54, 1.807) is 11.0 Å². The second-order valence-corrected chi connectivity index (χ2v) is 6.16. The molecule has 0 radical (unpaired) electrons. The van der Waals surface area contributed by atoms with E-state index in [4.69, 9.17) is 4.42 Å². The smallest absolute Gasteiger partial charge is 0.306 e. The normalized spacial score (nSPS) is 11.2. The highest BCUT2D eigenvalue weighted by Gasteiger charge is 2.18. The zero-order valence-corrected chi connectivity index (χ0v) is 13.8. The molecule has 0 aliphatic carbocycles. The molecule has 0 saturated carbocycles. The summed E-state index contributed by atoms with van der Waals surface area (Å²) in [6, 6.07) is 13.3. The maximum Gasteiger partial charge on any atom is 0.306 e. The number of carbonyl (C=O) groups is 1. The van der Waals surface area contributed by atoms with Crippen LogP contribution in [-0.4, -0.2) is 15.6 Å². The summed E-state index contributed by atoms with van der Waals surface area (Å²) in [5, 5.41) is 0.917. The summed E-state index contributed by atoms with van der Waals surface area (Å²) in [4.78, 5) is 16.8. The van der Waals surface area contributed by atoms with E-state index in [1.165, 1.54) is 0 Å². The summed E-state index contributed by atoms with van der Waals surface area (Å²) >= 11 is 3.43. The molecule has 23 heavy (non-hydrogen) atoms. The first-order valence-corrected chi connectivity index (χ1v) is 7.85. The number of halogens is 1. The van der Waals surface area contributed by atoms with Gasteiger partial charge in [0, 0.05) is 15.4 Å². The lowest BCUT2D eigenvalue weighted by Gasteiger charge is -2.05. The predicted molar refractivity (Wildman–Crippen MR) is 92.1 cm³/mol. The van der Waals surface area contributed by atoms with Crippen LogP contribution < -0.4 is 5.43 Å². The number of benzene rings is 2. The Kier molecular flexibility index (Phi) is 3.20. The second kappa shape index (κ2) is 5.24. The highest BCUT2D eigenvalue weighted by molar-refractivity contribution is 9.10. The van der Waals surface area contributed by atoms with Gasteiger partial charge in [0.05, 0.1) is 11.0 Å². The van der Waals surface area contributed by atoms with Gasteiger partial charge in [-0.1, -0.05) is 28.1 Å². The van der Waals surface area contributed by atoms with Crippen LogP contribution in [0.25, 0.3) is 22.0 Å². The van der Waals surface area contributed by atoms with Crippen molar-refractivity contribution in [3.8, 4) is 0 Å². The van der Waals surface area contributed by atoms with Crippen LogP contribution in [0, 0.1) is 6.92 Å². The van der Waals surface area contributed by atoms with Crippen molar-refractivity contribution in [3.63, 3.8) is 0 Å². The van der Waals surface area contributed by atoms with Crippen LogP contribution in [-0.2, 0) is 0 Å². The molecule has 4 rings (SSSR count). The Morgan fingerprint density at radius 1 is 1.26 bits per heavy atom. The van der Waals surface area contributed by atoms with E-state index in [2.05, 4.69) is 26.3 Å². The van der Waals surface area contributed by atoms with E-state index in [1.807, 2.05) is 49.4 Å². The van der Waals surface area contributed by atoms with Crippen molar-refractivity contribution in [3.05, 3.63) is 64.6 Å². The summed E-state index contributed by atoms with van der Waals surface area (Å²) in [7, 11) is 0. The summed E-state index contributed by atoms with van der Waals surface area (Å²) in [5.74, 6) is -0.00569. The summed E-state index contributed by atoms with van der Waals surface area (Å²) in [6.45, 7) is 1.87. The van der Waals surface area contributed by atoms with Crippen molar-refractivity contribution < 1.29 is 9.21 Å². The molecule has 2 aromatic carbocycles. The average Bonchev–Trinajstić information content (AvgIpc) is 3.10. The first kappa shape index (κ1) is 14.0. The van der Waals surface area contributed by atoms with E-state index in [-0.39, 0.29) is 5.91 Å². The standard InChI is InChI=1S/C17H12BrN3O2/c1-10-12-8-11(18)6-7-15(12)23-16(10)17(22)20-21-9-19-13-4-2-3-5-14(13)21/h2-9H,1H3,(H,20,22). The topological polar surface area (TPSA) is 60.1 Å². The van der Waals surface area contributed by atoms with Gasteiger partial charge < -0.3 is 4.42 Å². The molecule has 2 aromatic heterocycles. The van der Waals surface area contributed by atoms with Crippen LogP contribution in [0.3, 0.4) is 0 Å². The Labute approximate surface area is 140 Å². The number of rotatable bonds is 2. The summed E-state index contributed by atoms with van der Waals surface area (Å²) in [6.07, 6.45) is 1.58. The fourth-order valence-corrected chi connectivity index (χ4v) is 2.98. The van der Waals surface area contributed by atoms with Gasteiger partial charge in [-0.2, -0.15) is 0 Å². The number of fused-ring (bicyclic) bond motifs is 2. The van der Waals surface area contributed by atoms with Crippen molar-refractivity contribution >= 4 is 43.8 Å². The number of para-hydroxylation sites is 2. The molecule has 0 bridgehead atoms. The van der Waals surface area contributed by atoms with Crippen molar-refractivity contribution in [2.24, 2.45) is 0 Å². The van der Waals surface area contributed by atoms with Gasteiger partial charge in [0.25, 0.3) is 0 Å². The van der Waals surface area contributed by atoms with Crippen molar-refractivity contribution in [2.45, 2.75) is 6.92 Å². The van der Waals surface area contributed by atoms with E-state index >= 15 is 0 Å². The van der Waals surface area contributed by atoms with Crippen LogP contribution in [0.2, 0.25) is 0 Å². The second-order valence-electron chi connectivity index (χ2n) is 5.24. The summed E-state index contributed by atoms with van der Waals surface area (Å²) in [5.41, 5.74) is 5.95. The highest BCUT2D eigenvalue weighted by Crippen LogP contribution is 2.28. The third-order valence-electron chi connectivity index (χ3n) is 3.78. The van der Waals surface area contributed by atoms with E-state index < -0.39 is 0 Å². The van der Waals surface area contributed by atoms with Crippen molar-refractivity contribution in [1.82, 2.24) is 9.66 Å². The minimum atomic E-state index is -0.307. The number of amides is 1. The minimum absolute atomic E-state index is 0.302. The average molecular weight is 370 g/mol. The first-order valence-electron chi connectivity index (χ1n) is 7.05. The third-order valence-corrected chi connectivity index (χ3v) is 4.27. The van der Waals surface area contributed by atoms with Crippen LogP contribution >= 0.6 is 15.9 Å². The molecule has 1 N–H and O–H groups in total. The molecule has 6 heteroatoms. The number of nitrogens with one attached hydrogen (secondary N) is 1. The number of aryl methyl sites for hydroxylation is 1. The van der Waals surface area contributed by atoms with E-state index in [0.717, 1.165) is 26.5 Å². The van der Waals surface area contributed by atoms with Crippen LogP contribution in [0.1, 0.15) is 16.1 Å². The number of hydrogen-bond donors (Lipinski definition) is 1. The Hall–Kier alpha value is -2.60. The zero-order chi connectivity index (χ0) is 16.0. The maximum atomic E-state index is 12.6. The lowest BCUT2D eigenvalue weighted by molar-refractivity contribution is 0.0983. The molecule has 5 nitrogen and oxygen atoms in total. The molecule has 114 valence electrons. The van der Waals surface area contributed by atoms with Gasteiger partial charge in [0.15, 0.2) is 5.76 Å². The minimum Gasteiger partial charge on any atom is -0.451 e. The monoisotopic (exact) mass is 369 g/mol. The summed E-state index contributed by atoms with van der Waals surface area (Å²) < 4.78 is 8.25. The molecule has 0 fully saturated rings. The number of aromatic nitrogens is 2.